The van der Waals surface area contributed by atoms with E-state index >= 15 is 0 Å². The van der Waals surface area contributed by atoms with Crippen LogP contribution in [0.1, 0.15) is 38.5 Å². The zero-order valence-corrected chi connectivity index (χ0v) is 11.7. The van der Waals surface area contributed by atoms with Crippen molar-refractivity contribution in [3.05, 3.63) is 0 Å². The van der Waals surface area contributed by atoms with Gasteiger partial charge in [0, 0.05) is 19.1 Å². The number of nitrogens with one attached hydrogen (secondary N) is 2. The van der Waals surface area contributed by atoms with Gasteiger partial charge in [0.1, 0.15) is 6.61 Å². The van der Waals surface area contributed by atoms with Crippen molar-refractivity contribution in [1.82, 2.24) is 10.6 Å². The molecule has 1 amide bonds. The van der Waals surface area contributed by atoms with Crippen molar-refractivity contribution in [2.75, 3.05) is 32.9 Å². The van der Waals surface area contributed by atoms with Gasteiger partial charge in [0.15, 0.2) is 0 Å². The van der Waals surface area contributed by atoms with E-state index in [2.05, 4.69) is 10.6 Å². The van der Waals surface area contributed by atoms with Gasteiger partial charge in [-0.2, -0.15) is 0 Å². The Bertz CT molecular complexity index is 259. The second-order valence-electron chi connectivity index (χ2n) is 5.47. The van der Waals surface area contributed by atoms with Crippen LogP contribution in [-0.4, -0.2) is 51.0 Å². The molecule has 5 nitrogen and oxygen atoms in total. The van der Waals surface area contributed by atoms with Crippen molar-refractivity contribution in [2.45, 2.75) is 50.7 Å². The summed E-state index contributed by atoms with van der Waals surface area (Å²) in [7, 11) is 0. The van der Waals surface area contributed by atoms with Crippen LogP contribution in [0.25, 0.3) is 0 Å². The number of rotatable bonds is 5. The van der Waals surface area contributed by atoms with Crippen LogP contribution in [-0.2, 0) is 14.3 Å². The minimum absolute atomic E-state index is 0.00988. The molecule has 1 atom stereocenters. The van der Waals surface area contributed by atoms with Gasteiger partial charge >= 0.3 is 0 Å². The third-order valence-corrected chi connectivity index (χ3v) is 3.76. The highest BCUT2D eigenvalue weighted by atomic mass is 16.5. The third kappa shape index (κ3) is 5.89. The van der Waals surface area contributed by atoms with Crippen molar-refractivity contribution in [3.63, 3.8) is 0 Å². The van der Waals surface area contributed by atoms with Crippen molar-refractivity contribution in [1.29, 1.82) is 0 Å². The lowest BCUT2D eigenvalue weighted by molar-refractivity contribution is -0.128. The maximum absolute atomic E-state index is 11.8. The molecule has 1 saturated carbocycles. The number of ether oxygens (including phenoxy) is 2. The van der Waals surface area contributed by atoms with E-state index in [4.69, 9.17) is 9.47 Å². The molecule has 2 aliphatic rings. The first-order chi connectivity index (χ1) is 9.34. The minimum Gasteiger partial charge on any atom is -0.373 e. The summed E-state index contributed by atoms with van der Waals surface area (Å²) < 4.78 is 10.9. The first kappa shape index (κ1) is 14.8. The van der Waals surface area contributed by atoms with Gasteiger partial charge in [0.05, 0.1) is 19.3 Å². The van der Waals surface area contributed by atoms with Crippen molar-refractivity contribution in [3.8, 4) is 0 Å². The van der Waals surface area contributed by atoms with E-state index in [1.54, 1.807) is 0 Å². The van der Waals surface area contributed by atoms with Crippen LogP contribution in [0.5, 0.6) is 0 Å². The Labute approximate surface area is 115 Å². The molecule has 1 unspecified atom stereocenters. The molecule has 0 aromatic carbocycles. The molecule has 2 N–H and O–H groups in total. The van der Waals surface area contributed by atoms with Crippen LogP contribution >= 0.6 is 0 Å². The van der Waals surface area contributed by atoms with E-state index < -0.39 is 0 Å². The van der Waals surface area contributed by atoms with Gasteiger partial charge in [0.2, 0.25) is 5.91 Å². The highest BCUT2D eigenvalue weighted by molar-refractivity contribution is 5.77. The average molecular weight is 270 g/mol. The molecule has 0 aromatic heterocycles. The summed E-state index contributed by atoms with van der Waals surface area (Å²) in [6.07, 6.45) is 7.37. The van der Waals surface area contributed by atoms with Crippen molar-refractivity contribution in [2.24, 2.45) is 0 Å². The molecule has 2 fully saturated rings. The average Bonchev–Trinajstić information content (AvgIpc) is 2.68. The molecular weight excluding hydrogens is 244 g/mol. The monoisotopic (exact) mass is 270 g/mol. The Hall–Kier alpha value is -0.650. The second kappa shape index (κ2) is 8.51. The van der Waals surface area contributed by atoms with Crippen LogP contribution in [0.2, 0.25) is 0 Å². The van der Waals surface area contributed by atoms with E-state index in [9.17, 15) is 4.79 Å². The Morgan fingerprint density at radius 2 is 2.05 bits per heavy atom. The molecule has 19 heavy (non-hydrogen) atoms. The van der Waals surface area contributed by atoms with Crippen molar-refractivity contribution < 1.29 is 14.3 Å². The molecular formula is C14H26N2O3. The maximum Gasteiger partial charge on any atom is 0.246 e. The minimum atomic E-state index is 0.00988. The number of hydrogen-bond acceptors (Lipinski definition) is 4. The summed E-state index contributed by atoms with van der Waals surface area (Å²) in [5, 5.41) is 6.32. The lowest BCUT2D eigenvalue weighted by atomic mass is 10.1. The molecule has 0 bridgehead atoms. The third-order valence-electron chi connectivity index (χ3n) is 3.76. The molecule has 0 aromatic rings. The molecule has 2 rings (SSSR count). The Morgan fingerprint density at radius 3 is 2.74 bits per heavy atom. The smallest absolute Gasteiger partial charge is 0.246 e. The lowest BCUT2D eigenvalue weighted by Crippen LogP contribution is -2.42. The predicted octanol–water partition coefficient (Wildman–Crippen LogP) is 0.830. The quantitative estimate of drug-likeness (QED) is 0.727. The zero-order valence-electron chi connectivity index (χ0n) is 11.7. The molecule has 110 valence electrons. The van der Waals surface area contributed by atoms with E-state index in [-0.39, 0.29) is 18.6 Å². The Balaban J connectivity index is 1.55. The Kier molecular flexibility index (Phi) is 6.61. The van der Waals surface area contributed by atoms with Crippen LogP contribution in [0.3, 0.4) is 0 Å². The largest absolute Gasteiger partial charge is 0.373 e. The van der Waals surface area contributed by atoms with Crippen molar-refractivity contribution >= 4 is 5.91 Å². The summed E-state index contributed by atoms with van der Waals surface area (Å²) >= 11 is 0. The van der Waals surface area contributed by atoms with Gasteiger partial charge < -0.3 is 20.1 Å². The number of carbonyl (C=O) groups excluding carboxylic acids is 1. The normalized spacial score (nSPS) is 25.8. The maximum atomic E-state index is 11.8. The van der Waals surface area contributed by atoms with Gasteiger partial charge in [0.25, 0.3) is 0 Å². The summed E-state index contributed by atoms with van der Waals surface area (Å²) in [5.41, 5.74) is 0. The topological polar surface area (TPSA) is 59.6 Å². The van der Waals surface area contributed by atoms with Crippen LogP contribution in [0.15, 0.2) is 0 Å². The first-order valence-electron chi connectivity index (χ1n) is 7.54. The highest BCUT2D eigenvalue weighted by Crippen LogP contribution is 2.16. The van der Waals surface area contributed by atoms with Crippen LogP contribution < -0.4 is 10.6 Å². The summed E-state index contributed by atoms with van der Waals surface area (Å²) in [5.74, 6) is 0.00988. The fourth-order valence-electron chi connectivity index (χ4n) is 2.70. The molecule has 1 saturated heterocycles. The molecule has 1 heterocycles. The van der Waals surface area contributed by atoms with E-state index in [0.717, 1.165) is 32.5 Å². The number of morpholine rings is 1. The van der Waals surface area contributed by atoms with Gasteiger partial charge in [-0.05, 0) is 12.8 Å². The number of hydrogen-bond donors (Lipinski definition) is 2. The van der Waals surface area contributed by atoms with E-state index in [0.29, 0.717) is 12.6 Å². The Morgan fingerprint density at radius 1 is 1.26 bits per heavy atom. The van der Waals surface area contributed by atoms with Crippen LogP contribution in [0.4, 0.5) is 0 Å². The summed E-state index contributed by atoms with van der Waals surface area (Å²) in [4.78, 5) is 11.8. The van der Waals surface area contributed by atoms with Gasteiger partial charge in [-0.15, -0.1) is 0 Å². The van der Waals surface area contributed by atoms with E-state index in [1.807, 2.05) is 0 Å². The first-order valence-corrected chi connectivity index (χ1v) is 7.54. The molecule has 0 radical (unpaired) electrons. The predicted molar refractivity (Wildman–Crippen MR) is 73.1 cm³/mol. The van der Waals surface area contributed by atoms with E-state index in [1.165, 1.54) is 25.7 Å². The number of carbonyl (C=O) groups is 1. The fourth-order valence-corrected chi connectivity index (χ4v) is 2.70. The molecule has 1 aliphatic heterocycles. The number of amides is 1. The molecule has 5 heteroatoms. The summed E-state index contributed by atoms with van der Waals surface area (Å²) in [6.45, 7) is 3.08. The van der Waals surface area contributed by atoms with Gasteiger partial charge in [-0.3, -0.25) is 4.79 Å². The standard InChI is InChI=1S/C14H26N2O3/c17-14(16-12-5-3-1-2-4-6-12)11-18-10-13-9-15-7-8-19-13/h12-13,15H,1-11H2,(H,16,17). The van der Waals surface area contributed by atoms with Crippen LogP contribution in [0, 0.1) is 0 Å². The summed E-state index contributed by atoms with van der Waals surface area (Å²) in [6, 6.07) is 0.353. The molecule has 1 aliphatic carbocycles. The second-order valence-corrected chi connectivity index (χ2v) is 5.47. The van der Waals surface area contributed by atoms with Gasteiger partial charge in [-0.25, -0.2) is 0 Å². The molecule has 0 spiro atoms. The highest BCUT2D eigenvalue weighted by Gasteiger charge is 2.16. The lowest BCUT2D eigenvalue weighted by Gasteiger charge is -2.23. The SMILES string of the molecule is O=C(COCC1CNCCO1)NC1CCCCCC1. The zero-order chi connectivity index (χ0) is 13.3. The fraction of sp³-hybridized carbons (Fsp3) is 0.929. The van der Waals surface area contributed by atoms with Gasteiger partial charge in [-0.1, -0.05) is 25.7 Å².